The lowest BCUT2D eigenvalue weighted by Crippen LogP contribution is -2.38. The first-order valence-electron chi connectivity index (χ1n) is 7.23. The van der Waals surface area contributed by atoms with Crippen LogP contribution in [0.3, 0.4) is 0 Å². The Labute approximate surface area is 171 Å². The third-order valence-corrected chi connectivity index (χ3v) is 5.05. The van der Waals surface area contributed by atoms with Gasteiger partial charge in [0.2, 0.25) is 0 Å². The molecule has 0 fully saturated rings. The molecule has 5 nitrogen and oxygen atoms in total. The van der Waals surface area contributed by atoms with E-state index < -0.39 is 0 Å². The summed E-state index contributed by atoms with van der Waals surface area (Å²) in [6.45, 7) is 1.43. The molecule has 8 heteroatoms. The summed E-state index contributed by atoms with van der Waals surface area (Å²) in [6, 6.07) is 8.22. The minimum atomic E-state index is 0. The average Bonchev–Trinajstić information content (AvgIpc) is 3.11. The zero-order valence-corrected chi connectivity index (χ0v) is 18.2. The van der Waals surface area contributed by atoms with Crippen LogP contribution >= 0.6 is 51.2 Å². The van der Waals surface area contributed by atoms with E-state index in [-0.39, 0.29) is 24.0 Å². The number of rotatable bonds is 4. The van der Waals surface area contributed by atoms with Crippen LogP contribution < -0.4 is 5.32 Å². The molecule has 0 aliphatic heterocycles. The van der Waals surface area contributed by atoms with E-state index in [1.807, 2.05) is 41.4 Å². The van der Waals surface area contributed by atoms with Crippen LogP contribution in [0.15, 0.2) is 51.5 Å². The summed E-state index contributed by atoms with van der Waals surface area (Å²) in [5.41, 5.74) is 2.23. The number of hydrogen-bond acceptors (Lipinski definition) is 3. The lowest BCUT2D eigenvalue weighted by Gasteiger charge is -2.22. The maximum atomic E-state index is 4.57. The van der Waals surface area contributed by atoms with Crippen LogP contribution in [-0.4, -0.2) is 34.3 Å². The van der Waals surface area contributed by atoms with Gasteiger partial charge in [-0.3, -0.25) is 9.39 Å². The SMILES string of the molecule is CN=C(NCc1cn2ccsc2n1)N(C)Cc1ccccc1Br.I. The Balaban J connectivity index is 0.00000208. The van der Waals surface area contributed by atoms with Gasteiger partial charge in [0, 0.05) is 42.9 Å². The highest BCUT2D eigenvalue weighted by molar-refractivity contribution is 14.0. The zero-order chi connectivity index (χ0) is 16.2. The van der Waals surface area contributed by atoms with Gasteiger partial charge in [-0.2, -0.15) is 0 Å². The number of fused-ring (bicyclic) bond motifs is 1. The van der Waals surface area contributed by atoms with Crippen LogP contribution in [0.25, 0.3) is 4.96 Å². The normalized spacial score (nSPS) is 11.4. The summed E-state index contributed by atoms with van der Waals surface area (Å²) < 4.78 is 3.14. The molecule has 0 spiro atoms. The number of imidazole rings is 1. The predicted octanol–water partition coefficient (Wildman–Crippen LogP) is 3.98. The number of nitrogens with one attached hydrogen (secondary N) is 1. The van der Waals surface area contributed by atoms with Crippen LogP contribution in [0.5, 0.6) is 0 Å². The highest BCUT2D eigenvalue weighted by Crippen LogP contribution is 2.17. The van der Waals surface area contributed by atoms with E-state index in [1.54, 1.807) is 18.4 Å². The van der Waals surface area contributed by atoms with Gasteiger partial charge in [0.15, 0.2) is 10.9 Å². The number of benzene rings is 1. The summed E-state index contributed by atoms with van der Waals surface area (Å²) in [6.07, 6.45) is 4.06. The van der Waals surface area contributed by atoms with Crippen LogP contribution in [-0.2, 0) is 13.1 Å². The third kappa shape index (κ3) is 4.48. The van der Waals surface area contributed by atoms with Gasteiger partial charge >= 0.3 is 0 Å². The topological polar surface area (TPSA) is 44.9 Å². The van der Waals surface area contributed by atoms with Crippen LogP contribution in [0.2, 0.25) is 0 Å². The molecule has 0 amide bonds. The van der Waals surface area contributed by atoms with E-state index in [1.165, 1.54) is 5.56 Å². The highest BCUT2D eigenvalue weighted by atomic mass is 127. The second kappa shape index (κ2) is 8.82. The van der Waals surface area contributed by atoms with Gasteiger partial charge in [0.25, 0.3) is 0 Å². The Morgan fingerprint density at radius 2 is 2.21 bits per heavy atom. The standard InChI is InChI=1S/C16H18BrN5S.HI/c1-18-15(21(2)10-12-5-3-4-6-14(12)17)19-9-13-11-22-7-8-23-16(22)20-13;/h3-8,11H,9-10H2,1-2H3,(H,18,19);1H. The third-order valence-electron chi connectivity index (χ3n) is 3.51. The molecular formula is C16H19BrIN5S. The molecular weight excluding hydrogens is 501 g/mol. The first-order chi connectivity index (χ1) is 11.2. The molecule has 0 bridgehead atoms. The minimum absolute atomic E-state index is 0. The van der Waals surface area contributed by atoms with Crippen molar-refractivity contribution < 1.29 is 0 Å². The number of nitrogens with zero attached hydrogens (tertiary/aromatic N) is 4. The number of guanidine groups is 1. The molecule has 0 unspecified atom stereocenters. The van der Waals surface area contributed by atoms with Gasteiger partial charge in [-0.1, -0.05) is 34.1 Å². The molecule has 0 saturated heterocycles. The minimum Gasteiger partial charge on any atom is -0.351 e. The molecule has 1 aromatic carbocycles. The van der Waals surface area contributed by atoms with Gasteiger partial charge < -0.3 is 10.2 Å². The van der Waals surface area contributed by atoms with E-state index >= 15 is 0 Å². The highest BCUT2D eigenvalue weighted by Gasteiger charge is 2.09. The van der Waals surface area contributed by atoms with E-state index in [4.69, 9.17) is 0 Å². The van der Waals surface area contributed by atoms with Crippen molar-refractivity contribution in [2.75, 3.05) is 14.1 Å². The first kappa shape index (κ1) is 19.2. The van der Waals surface area contributed by atoms with Crippen molar-refractivity contribution in [1.82, 2.24) is 19.6 Å². The summed E-state index contributed by atoms with van der Waals surface area (Å²) in [7, 11) is 3.82. The fourth-order valence-electron chi connectivity index (χ4n) is 2.37. The molecule has 0 atom stereocenters. The summed E-state index contributed by atoms with van der Waals surface area (Å²) in [4.78, 5) is 12.0. The molecule has 0 aliphatic carbocycles. The van der Waals surface area contributed by atoms with Crippen molar-refractivity contribution >= 4 is 62.2 Å². The smallest absolute Gasteiger partial charge is 0.194 e. The van der Waals surface area contributed by atoms with Crippen molar-refractivity contribution in [2.45, 2.75) is 13.1 Å². The van der Waals surface area contributed by atoms with Crippen molar-refractivity contribution in [1.29, 1.82) is 0 Å². The number of aliphatic imine (C=N–C) groups is 1. The Bertz CT molecular complexity index is 800. The Morgan fingerprint density at radius 3 is 2.92 bits per heavy atom. The Hall–Kier alpha value is -1.13. The molecule has 0 radical (unpaired) electrons. The van der Waals surface area contributed by atoms with Crippen LogP contribution in [0, 0.1) is 0 Å². The molecule has 24 heavy (non-hydrogen) atoms. The molecule has 0 saturated carbocycles. The Morgan fingerprint density at radius 1 is 1.42 bits per heavy atom. The maximum absolute atomic E-state index is 4.57. The van der Waals surface area contributed by atoms with E-state index in [0.717, 1.165) is 27.6 Å². The quantitative estimate of drug-likeness (QED) is 0.322. The summed E-state index contributed by atoms with van der Waals surface area (Å²) in [5, 5.41) is 5.40. The number of thiazole rings is 1. The number of halogens is 2. The van der Waals surface area contributed by atoms with Crippen molar-refractivity contribution in [3.63, 3.8) is 0 Å². The molecule has 3 rings (SSSR count). The van der Waals surface area contributed by atoms with Gasteiger partial charge in [-0.25, -0.2) is 4.98 Å². The van der Waals surface area contributed by atoms with Gasteiger partial charge in [-0.15, -0.1) is 35.3 Å². The van der Waals surface area contributed by atoms with Crippen molar-refractivity contribution in [2.24, 2.45) is 4.99 Å². The summed E-state index contributed by atoms with van der Waals surface area (Å²) >= 11 is 5.22. The summed E-state index contributed by atoms with van der Waals surface area (Å²) in [5.74, 6) is 0.845. The van der Waals surface area contributed by atoms with Gasteiger partial charge in [0.1, 0.15) is 0 Å². The zero-order valence-electron chi connectivity index (χ0n) is 13.4. The van der Waals surface area contributed by atoms with E-state index in [9.17, 15) is 0 Å². The molecule has 2 aromatic heterocycles. The second-order valence-corrected chi connectivity index (χ2v) is 6.90. The van der Waals surface area contributed by atoms with Gasteiger partial charge in [0.05, 0.1) is 12.2 Å². The lowest BCUT2D eigenvalue weighted by atomic mass is 10.2. The largest absolute Gasteiger partial charge is 0.351 e. The van der Waals surface area contributed by atoms with Crippen molar-refractivity contribution in [3.8, 4) is 0 Å². The molecule has 3 aromatic rings. The molecule has 2 heterocycles. The van der Waals surface area contributed by atoms with Crippen molar-refractivity contribution in [3.05, 3.63) is 57.8 Å². The maximum Gasteiger partial charge on any atom is 0.194 e. The fraction of sp³-hybridized carbons (Fsp3) is 0.250. The second-order valence-electron chi connectivity index (χ2n) is 5.17. The number of hydrogen-bond donors (Lipinski definition) is 1. The Kier molecular flexibility index (Phi) is 7.05. The fourth-order valence-corrected chi connectivity index (χ4v) is 3.50. The number of aromatic nitrogens is 2. The van der Waals surface area contributed by atoms with Crippen LogP contribution in [0.1, 0.15) is 11.3 Å². The predicted molar refractivity (Wildman–Crippen MR) is 114 cm³/mol. The first-order valence-corrected chi connectivity index (χ1v) is 8.91. The molecule has 0 aliphatic rings. The van der Waals surface area contributed by atoms with E-state index in [0.29, 0.717) is 6.54 Å². The molecule has 1 N–H and O–H groups in total. The van der Waals surface area contributed by atoms with E-state index in [2.05, 4.69) is 48.3 Å². The monoisotopic (exact) mass is 519 g/mol. The lowest BCUT2D eigenvalue weighted by molar-refractivity contribution is 0.475. The molecule has 128 valence electrons. The van der Waals surface area contributed by atoms with Gasteiger partial charge in [-0.05, 0) is 11.6 Å². The van der Waals surface area contributed by atoms with Crippen LogP contribution in [0.4, 0.5) is 0 Å². The average molecular weight is 520 g/mol.